The van der Waals surface area contributed by atoms with Crippen LogP contribution in [0.3, 0.4) is 0 Å². The summed E-state index contributed by atoms with van der Waals surface area (Å²) in [6, 6.07) is 11.3. The number of ether oxygens (including phenoxy) is 1. The van der Waals surface area contributed by atoms with Crippen LogP contribution < -0.4 is 0 Å². The molecule has 1 saturated heterocycles. The predicted molar refractivity (Wildman–Crippen MR) is 106 cm³/mol. The van der Waals surface area contributed by atoms with Gasteiger partial charge in [-0.15, -0.1) is 11.3 Å². The fourth-order valence-corrected chi connectivity index (χ4v) is 5.06. The highest BCUT2D eigenvalue weighted by atomic mass is 32.1. The van der Waals surface area contributed by atoms with Crippen molar-refractivity contribution >= 4 is 23.2 Å². The van der Waals surface area contributed by atoms with Gasteiger partial charge in [0.25, 0.3) is 5.91 Å². The third-order valence-electron chi connectivity index (χ3n) is 5.42. The summed E-state index contributed by atoms with van der Waals surface area (Å²) >= 11 is 1.53. The molecule has 2 heterocycles. The number of carbonyl (C=O) groups is 2. The van der Waals surface area contributed by atoms with Crippen LogP contribution >= 0.6 is 11.3 Å². The van der Waals surface area contributed by atoms with Crippen molar-refractivity contribution in [3.63, 3.8) is 0 Å². The third-order valence-corrected chi connectivity index (χ3v) is 6.63. The van der Waals surface area contributed by atoms with Crippen molar-refractivity contribution in [3.05, 3.63) is 57.3 Å². The van der Waals surface area contributed by atoms with Crippen molar-refractivity contribution < 1.29 is 14.3 Å². The summed E-state index contributed by atoms with van der Waals surface area (Å²) in [5, 5.41) is 0. The first kappa shape index (κ1) is 18.2. The van der Waals surface area contributed by atoms with E-state index in [4.69, 9.17) is 4.74 Å². The van der Waals surface area contributed by atoms with Crippen LogP contribution in [0.2, 0.25) is 0 Å². The van der Waals surface area contributed by atoms with E-state index in [-0.39, 0.29) is 11.9 Å². The molecule has 0 bridgehead atoms. The van der Waals surface area contributed by atoms with Crippen molar-refractivity contribution in [1.82, 2.24) is 4.90 Å². The number of esters is 1. The van der Waals surface area contributed by atoms with E-state index in [9.17, 15) is 9.59 Å². The van der Waals surface area contributed by atoms with Gasteiger partial charge in [0.05, 0.1) is 0 Å². The highest BCUT2D eigenvalue weighted by molar-refractivity contribution is 7.14. The van der Waals surface area contributed by atoms with E-state index in [0.717, 1.165) is 50.8 Å². The Bertz CT molecular complexity index is 785. The number of nitrogens with zero attached hydrogens (tertiary/aromatic N) is 1. The van der Waals surface area contributed by atoms with E-state index in [1.807, 2.05) is 41.3 Å². The van der Waals surface area contributed by atoms with Crippen LogP contribution in [0, 0.1) is 0 Å². The lowest BCUT2D eigenvalue weighted by Crippen LogP contribution is -2.40. The lowest BCUT2D eigenvalue weighted by molar-refractivity contribution is -0.142. The Hall–Kier alpha value is -2.14. The van der Waals surface area contributed by atoms with Gasteiger partial charge in [-0.2, -0.15) is 0 Å². The average Bonchev–Trinajstić information content (AvgIpc) is 3.17. The SMILES string of the molecule is O=C(O[C@H](C(=O)N1CCCCC1)c1ccccc1)c1cc2c(s1)CCCC2. The Morgan fingerprint density at radius 1 is 0.963 bits per heavy atom. The number of hydrogen-bond donors (Lipinski definition) is 0. The molecule has 142 valence electrons. The molecule has 0 unspecified atom stereocenters. The second kappa shape index (κ2) is 8.26. The average molecular weight is 384 g/mol. The first-order valence-corrected chi connectivity index (χ1v) is 10.7. The lowest BCUT2D eigenvalue weighted by atomic mass is 9.99. The smallest absolute Gasteiger partial charge is 0.349 e. The number of thiophene rings is 1. The zero-order chi connectivity index (χ0) is 18.6. The summed E-state index contributed by atoms with van der Waals surface area (Å²) in [4.78, 5) is 29.7. The van der Waals surface area contributed by atoms with Crippen LogP contribution in [0.15, 0.2) is 36.4 Å². The van der Waals surface area contributed by atoms with Gasteiger partial charge in [0, 0.05) is 23.5 Å². The number of aryl methyl sites for hydroxylation is 2. The summed E-state index contributed by atoms with van der Waals surface area (Å²) in [6.45, 7) is 1.49. The molecule has 1 aromatic carbocycles. The van der Waals surface area contributed by atoms with Gasteiger partial charge in [-0.1, -0.05) is 30.3 Å². The van der Waals surface area contributed by atoms with Gasteiger partial charge in [-0.05, 0) is 56.6 Å². The molecule has 2 aliphatic rings. The van der Waals surface area contributed by atoms with Crippen molar-refractivity contribution in [2.45, 2.75) is 51.0 Å². The molecule has 4 rings (SSSR count). The topological polar surface area (TPSA) is 46.6 Å². The molecule has 0 spiro atoms. The summed E-state index contributed by atoms with van der Waals surface area (Å²) in [5.74, 6) is -0.482. The van der Waals surface area contributed by atoms with E-state index in [2.05, 4.69) is 0 Å². The van der Waals surface area contributed by atoms with E-state index in [1.165, 1.54) is 34.6 Å². The maximum atomic E-state index is 13.1. The maximum Gasteiger partial charge on any atom is 0.349 e. The van der Waals surface area contributed by atoms with Gasteiger partial charge >= 0.3 is 5.97 Å². The normalized spacial score (nSPS) is 17.9. The summed E-state index contributed by atoms with van der Waals surface area (Å²) in [7, 11) is 0. The summed E-state index contributed by atoms with van der Waals surface area (Å²) in [6.07, 6.45) is 6.75. The van der Waals surface area contributed by atoms with Crippen molar-refractivity contribution in [1.29, 1.82) is 0 Å². The first-order valence-electron chi connectivity index (χ1n) is 9.88. The Labute approximate surface area is 164 Å². The van der Waals surface area contributed by atoms with Gasteiger partial charge in [0.1, 0.15) is 4.88 Å². The second-order valence-corrected chi connectivity index (χ2v) is 8.48. The minimum absolute atomic E-state index is 0.101. The van der Waals surface area contributed by atoms with Crippen molar-refractivity contribution in [3.8, 4) is 0 Å². The molecule has 4 nitrogen and oxygen atoms in total. The zero-order valence-corrected chi connectivity index (χ0v) is 16.3. The molecule has 1 amide bonds. The number of rotatable bonds is 4. The highest BCUT2D eigenvalue weighted by Gasteiger charge is 2.31. The molecule has 5 heteroatoms. The summed E-state index contributed by atoms with van der Waals surface area (Å²) < 4.78 is 5.80. The van der Waals surface area contributed by atoms with Gasteiger partial charge in [0.2, 0.25) is 6.10 Å². The van der Waals surface area contributed by atoms with E-state index in [1.54, 1.807) is 0 Å². The standard InChI is InChI=1S/C22H25NO3S/c24-21(23-13-7-2-8-14-23)20(16-9-3-1-4-10-16)26-22(25)19-15-17-11-5-6-12-18(17)27-19/h1,3-4,9-10,15,20H,2,5-8,11-14H2/t20-/m0/s1. The van der Waals surface area contributed by atoms with Crippen LogP contribution in [0.1, 0.15) is 63.9 Å². The van der Waals surface area contributed by atoms with Crippen molar-refractivity contribution in [2.24, 2.45) is 0 Å². The second-order valence-electron chi connectivity index (χ2n) is 7.35. The van der Waals surface area contributed by atoms with Crippen LogP contribution in [0.25, 0.3) is 0 Å². The lowest BCUT2D eigenvalue weighted by Gasteiger charge is -2.30. The van der Waals surface area contributed by atoms with E-state index >= 15 is 0 Å². The quantitative estimate of drug-likeness (QED) is 0.729. The fraction of sp³-hybridized carbons (Fsp3) is 0.455. The van der Waals surface area contributed by atoms with Gasteiger partial charge in [-0.25, -0.2) is 4.79 Å². The Morgan fingerprint density at radius 2 is 1.70 bits per heavy atom. The van der Waals surface area contributed by atoms with E-state index < -0.39 is 6.10 Å². The van der Waals surface area contributed by atoms with Gasteiger partial charge in [0.15, 0.2) is 0 Å². The third kappa shape index (κ3) is 4.08. The van der Waals surface area contributed by atoms with Crippen LogP contribution in [0.4, 0.5) is 0 Å². The number of amides is 1. The molecule has 1 aliphatic heterocycles. The minimum atomic E-state index is -0.865. The minimum Gasteiger partial charge on any atom is -0.443 e. The number of piperidine rings is 1. The molecule has 1 aliphatic carbocycles. The summed E-state index contributed by atoms with van der Waals surface area (Å²) in [5.41, 5.74) is 2.01. The van der Waals surface area contributed by atoms with Gasteiger partial charge in [-0.3, -0.25) is 4.79 Å². The maximum absolute atomic E-state index is 13.1. The molecule has 2 aromatic rings. The molecule has 1 fully saturated rings. The molecule has 1 aromatic heterocycles. The Kier molecular flexibility index (Phi) is 5.58. The van der Waals surface area contributed by atoms with E-state index in [0.29, 0.717) is 4.88 Å². The molecule has 0 radical (unpaired) electrons. The molecule has 0 saturated carbocycles. The molecule has 27 heavy (non-hydrogen) atoms. The Morgan fingerprint density at radius 3 is 2.44 bits per heavy atom. The number of carbonyl (C=O) groups excluding carboxylic acids is 2. The number of hydrogen-bond acceptors (Lipinski definition) is 4. The first-order chi connectivity index (χ1) is 13.2. The highest BCUT2D eigenvalue weighted by Crippen LogP contribution is 2.31. The molecule has 0 N–H and O–H groups in total. The van der Waals surface area contributed by atoms with Crippen LogP contribution in [0.5, 0.6) is 0 Å². The Balaban J connectivity index is 1.56. The largest absolute Gasteiger partial charge is 0.443 e. The van der Waals surface area contributed by atoms with Crippen LogP contribution in [-0.2, 0) is 22.4 Å². The zero-order valence-electron chi connectivity index (χ0n) is 15.5. The molecular formula is C22H25NO3S. The number of likely N-dealkylation sites (tertiary alicyclic amines) is 1. The predicted octanol–water partition coefficient (Wildman–Crippen LogP) is 4.54. The monoisotopic (exact) mass is 383 g/mol. The molecular weight excluding hydrogens is 358 g/mol. The molecule has 1 atom stereocenters. The van der Waals surface area contributed by atoms with Crippen molar-refractivity contribution in [2.75, 3.05) is 13.1 Å². The van der Waals surface area contributed by atoms with Gasteiger partial charge < -0.3 is 9.64 Å². The number of benzene rings is 1. The van der Waals surface area contributed by atoms with Crippen LogP contribution in [-0.4, -0.2) is 29.9 Å². The number of fused-ring (bicyclic) bond motifs is 1. The fourth-order valence-electron chi connectivity index (χ4n) is 3.93.